The predicted molar refractivity (Wildman–Crippen MR) is 111 cm³/mol. The number of amides is 3. The number of hydrogen-bond acceptors (Lipinski definition) is 3. The van der Waals surface area contributed by atoms with Crippen LogP contribution in [0.2, 0.25) is 5.02 Å². The van der Waals surface area contributed by atoms with Gasteiger partial charge in [0.2, 0.25) is 5.91 Å². The van der Waals surface area contributed by atoms with Gasteiger partial charge in [-0.2, -0.15) is 0 Å². The lowest BCUT2D eigenvalue weighted by Crippen LogP contribution is -2.53. The molecular weight excluding hydrogens is 395 g/mol. The lowest BCUT2D eigenvalue weighted by atomic mass is 10.1. The van der Waals surface area contributed by atoms with E-state index in [2.05, 4.69) is 10.6 Å². The summed E-state index contributed by atoms with van der Waals surface area (Å²) in [7, 11) is 0. The first-order valence-corrected chi connectivity index (χ1v) is 9.87. The minimum Gasteiger partial charge on any atom is -0.331 e. The Balaban J connectivity index is 1.42. The van der Waals surface area contributed by atoms with Crippen LogP contribution in [0.4, 0.5) is 14.9 Å². The lowest BCUT2D eigenvalue weighted by Gasteiger charge is -2.35. The zero-order chi connectivity index (χ0) is 20.8. The number of carbonyl (C=O) groups is 2. The molecule has 0 aliphatic carbocycles. The SMILES string of the molecule is C[C@@H](NC(=O)N1CCN(CC(=O)Nc2ccc(F)cc2)CC1)c1ccc(Cl)cc1. The van der Waals surface area contributed by atoms with Crippen molar-refractivity contribution >= 4 is 29.2 Å². The van der Waals surface area contributed by atoms with E-state index in [1.807, 2.05) is 24.0 Å². The fourth-order valence-electron chi connectivity index (χ4n) is 3.16. The Hall–Kier alpha value is -2.64. The van der Waals surface area contributed by atoms with Gasteiger partial charge in [0.1, 0.15) is 5.82 Å². The van der Waals surface area contributed by atoms with Crippen molar-refractivity contribution in [2.75, 3.05) is 38.0 Å². The third-order valence-corrected chi connectivity index (χ3v) is 5.12. The number of urea groups is 1. The summed E-state index contributed by atoms with van der Waals surface area (Å²) in [5, 5.41) is 6.40. The Morgan fingerprint density at radius 3 is 2.28 bits per heavy atom. The van der Waals surface area contributed by atoms with E-state index >= 15 is 0 Å². The van der Waals surface area contributed by atoms with Crippen molar-refractivity contribution in [3.63, 3.8) is 0 Å². The second-order valence-corrected chi connectivity index (χ2v) is 7.48. The first-order chi connectivity index (χ1) is 13.9. The summed E-state index contributed by atoms with van der Waals surface area (Å²) in [6, 6.07) is 12.8. The molecule has 3 amide bonds. The summed E-state index contributed by atoms with van der Waals surface area (Å²) in [5.74, 6) is -0.506. The molecule has 0 bridgehead atoms. The molecular formula is C21H24ClFN4O2. The molecule has 0 aromatic heterocycles. The molecule has 29 heavy (non-hydrogen) atoms. The number of halogens is 2. The molecule has 1 fully saturated rings. The largest absolute Gasteiger partial charge is 0.331 e. The zero-order valence-corrected chi connectivity index (χ0v) is 17.0. The monoisotopic (exact) mass is 418 g/mol. The summed E-state index contributed by atoms with van der Waals surface area (Å²) in [6.07, 6.45) is 0. The number of anilines is 1. The van der Waals surface area contributed by atoms with Crippen LogP contribution in [0.3, 0.4) is 0 Å². The topological polar surface area (TPSA) is 64.7 Å². The molecule has 1 aliphatic rings. The van der Waals surface area contributed by atoms with E-state index in [1.54, 1.807) is 17.0 Å². The molecule has 0 radical (unpaired) electrons. The van der Waals surface area contributed by atoms with Crippen molar-refractivity contribution in [2.45, 2.75) is 13.0 Å². The molecule has 1 heterocycles. The van der Waals surface area contributed by atoms with Gasteiger partial charge in [0.25, 0.3) is 0 Å². The number of hydrogen-bond donors (Lipinski definition) is 2. The Morgan fingerprint density at radius 1 is 1.03 bits per heavy atom. The summed E-state index contributed by atoms with van der Waals surface area (Å²) < 4.78 is 12.9. The summed E-state index contributed by atoms with van der Waals surface area (Å²) in [6.45, 7) is 4.47. The Kier molecular flexibility index (Phi) is 7.06. The van der Waals surface area contributed by atoms with Crippen LogP contribution < -0.4 is 10.6 Å². The highest BCUT2D eigenvalue weighted by molar-refractivity contribution is 6.30. The van der Waals surface area contributed by atoms with Gasteiger partial charge >= 0.3 is 6.03 Å². The number of piperazine rings is 1. The van der Waals surface area contributed by atoms with Gasteiger partial charge in [-0.1, -0.05) is 23.7 Å². The molecule has 2 N–H and O–H groups in total. The van der Waals surface area contributed by atoms with Crippen LogP contribution in [0.15, 0.2) is 48.5 Å². The summed E-state index contributed by atoms with van der Waals surface area (Å²) >= 11 is 5.90. The van der Waals surface area contributed by atoms with Crippen LogP contribution in [-0.4, -0.2) is 54.5 Å². The van der Waals surface area contributed by atoms with E-state index in [0.717, 1.165) is 5.56 Å². The van der Waals surface area contributed by atoms with Gasteiger partial charge in [-0.3, -0.25) is 9.69 Å². The molecule has 1 saturated heterocycles. The molecule has 1 aliphatic heterocycles. The average molecular weight is 419 g/mol. The van der Waals surface area contributed by atoms with Gasteiger partial charge < -0.3 is 15.5 Å². The standard InChI is InChI=1S/C21H24ClFN4O2/c1-15(16-2-4-17(22)5-3-16)24-21(29)27-12-10-26(11-13-27)14-20(28)25-19-8-6-18(23)7-9-19/h2-9,15H,10-14H2,1H3,(H,24,29)(H,25,28)/t15-/m1/s1. The van der Waals surface area contributed by atoms with Gasteiger partial charge in [0.15, 0.2) is 0 Å². The highest BCUT2D eigenvalue weighted by atomic mass is 35.5. The molecule has 0 saturated carbocycles. The Bertz CT molecular complexity index is 837. The average Bonchev–Trinajstić information content (AvgIpc) is 2.70. The molecule has 2 aromatic carbocycles. The number of benzene rings is 2. The maximum Gasteiger partial charge on any atom is 0.317 e. The molecule has 154 valence electrons. The third kappa shape index (κ3) is 6.17. The fraction of sp³-hybridized carbons (Fsp3) is 0.333. The van der Waals surface area contributed by atoms with Gasteiger partial charge in [-0.05, 0) is 48.9 Å². The van der Waals surface area contributed by atoms with Gasteiger partial charge in [0, 0.05) is 36.9 Å². The molecule has 1 atom stereocenters. The maximum atomic E-state index is 12.9. The zero-order valence-electron chi connectivity index (χ0n) is 16.2. The fourth-order valence-corrected chi connectivity index (χ4v) is 3.28. The summed E-state index contributed by atoms with van der Waals surface area (Å²) in [5.41, 5.74) is 1.55. The van der Waals surface area contributed by atoms with Crippen molar-refractivity contribution in [3.8, 4) is 0 Å². The highest BCUT2D eigenvalue weighted by Gasteiger charge is 2.23. The van der Waals surface area contributed by atoms with E-state index in [0.29, 0.717) is 36.9 Å². The maximum absolute atomic E-state index is 12.9. The molecule has 2 aromatic rings. The molecule has 3 rings (SSSR count). The smallest absolute Gasteiger partial charge is 0.317 e. The molecule has 0 spiro atoms. The van der Waals surface area contributed by atoms with Crippen LogP contribution in [0.25, 0.3) is 0 Å². The minimum atomic E-state index is -0.345. The molecule has 6 nitrogen and oxygen atoms in total. The van der Waals surface area contributed by atoms with E-state index in [1.165, 1.54) is 24.3 Å². The van der Waals surface area contributed by atoms with E-state index in [-0.39, 0.29) is 30.3 Å². The second kappa shape index (κ2) is 9.71. The van der Waals surface area contributed by atoms with E-state index in [9.17, 15) is 14.0 Å². The second-order valence-electron chi connectivity index (χ2n) is 7.04. The van der Waals surface area contributed by atoms with Crippen LogP contribution >= 0.6 is 11.6 Å². The lowest BCUT2D eigenvalue weighted by molar-refractivity contribution is -0.117. The Labute approximate surface area is 174 Å². The van der Waals surface area contributed by atoms with Gasteiger partial charge in [-0.15, -0.1) is 0 Å². The van der Waals surface area contributed by atoms with Crippen molar-refractivity contribution in [1.29, 1.82) is 0 Å². The molecule has 0 unspecified atom stereocenters. The quantitative estimate of drug-likeness (QED) is 0.781. The third-order valence-electron chi connectivity index (χ3n) is 4.86. The van der Waals surface area contributed by atoms with Crippen LogP contribution in [0, 0.1) is 5.82 Å². The van der Waals surface area contributed by atoms with Crippen molar-refractivity contribution in [2.24, 2.45) is 0 Å². The number of nitrogens with one attached hydrogen (secondary N) is 2. The number of nitrogens with zero attached hydrogens (tertiary/aromatic N) is 2. The van der Waals surface area contributed by atoms with Crippen LogP contribution in [-0.2, 0) is 4.79 Å². The van der Waals surface area contributed by atoms with Crippen LogP contribution in [0.1, 0.15) is 18.5 Å². The first-order valence-electron chi connectivity index (χ1n) is 9.49. The van der Waals surface area contributed by atoms with Crippen molar-refractivity contribution < 1.29 is 14.0 Å². The van der Waals surface area contributed by atoms with E-state index < -0.39 is 0 Å². The predicted octanol–water partition coefficient (Wildman–Crippen LogP) is 3.51. The molecule has 8 heteroatoms. The Morgan fingerprint density at radius 2 is 1.66 bits per heavy atom. The number of carbonyl (C=O) groups excluding carboxylic acids is 2. The van der Waals surface area contributed by atoms with Crippen LogP contribution in [0.5, 0.6) is 0 Å². The first kappa shape index (κ1) is 21.1. The normalized spacial score (nSPS) is 15.6. The van der Waals surface area contributed by atoms with Crippen molar-refractivity contribution in [1.82, 2.24) is 15.1 Å². The highest BCUT2D eigenvalue weighted by Crippen LogP contribution is 2.16. The van der Waals surface area contributed by atoms with Gasteiger partial charge in [-0.25, -0.2) is 9.18 Å². The summed E-state index contributed by atoms with van der Waals surface area (Å²) in [4.78, 5) is 28.4. The van der Waals surface area contributed by atoms with Crippen molar-refractivity contribution in [3.05, 3.63) is 64.9 Å². The van der Waals surface area contributed by atoms with E-state index in [4.69, 9.17) is 11.6 Å². The number of rotatable bonds is 5. The van der Waals surface area contributed by atoms with Gasteiger partial charge in [0.05, 0.1) is 12.6 Å². The minimum absolute atomic E-state index is 0.122.